The topological polar surface area (TPSA) is 46.5 Å². The van der Waals surface area contributed by atoms with Crippen LogP contribution in [0.25, 0.3) is 0 Å². The van der Waals surface area contributed by atoms with Gasteiger partial charge in [-0.15, -0.1) is 0 Å². The van der Waals surface area contributed by atoms with Crippen LogP contribution in [-0.2, 0) is 9.53 Å². The molecule has 0 rings (SSSR count). The molecule has 0 aromatic heterocycles. The quantitative estimate of drug-likeness (QED) is 0.523. The average Bonchev–Trinajstić information content (AvgIpc) is 1.98. The highest BCUT2D eigenvalue weighted by atomic mass is 16.6. The van der Waals surface area contributed by atoms with Crippen LogP contribution in [-0.4, -0.2) is 23.3 Å². The van der Waals surface area contributed by atoms with E-state index in [9.17, 15) is 9.90 Å². The Morgan fingerprint density at radius 3 is 2.46 bits per heavy atom. The molecule has 0 heterocycles. The number of hydrogen-bond donors (Lipinski definition) is 1. The maximum Gasteiger partial charge on any atom is 0.303 e. The molecule has 0 aliphatic rings. The molecular formula is C10H18O3. The van der Waals surface area contributed by atoms with Gasteiger partial charge in [0, 0.05) is 6.92 Å². The van der Waals surface area contributed by atoms with Crippen LogP contribution in [0.1, 0.15) is 27.2 Å². The Balaban J connectivity index is 4.06. The van der Waals surface area contributed by atoms with Crippen LogP contribution in [0.2, 0.25) is 0 Å². The van der Waals surface area contributed by atoms with E-state index in [1.54, 1.807) is 0 Å². The lowest BCUT2D eigenvalue weighted by Gasteiger charge is -2.20. The van der Waals surface area contributed by atoms with Gasteiger partial charge in [-0.1, -0.05) is 20.4 Å². The van der Waals surface area contributed by atoms with Gasteiger partial charge >= 0.3 is 5.97 Å². The largest absolute Gasteiger partial charge is 0.456 e. The molecule has 0 unspecified atom stereocenters. The third-order valence-corrected chi connectivity index (χ3v) is 1.63. The summed E-state index contributed by atoms with van der Waals surface area (Å²) in [5.41, 5.74) is 0. The Bertz CT molecular complexity index is 175. The summed E-state index contributed by atoms with van der Waals surface area (Å²) in [5, 5.41) is 9.58. The van der Waals surface area contributed by atoms with Crippen LogP contribution in [0, 0.1) is 5.92 Å². The summed E-state index contributed by atoms with van der Waals surface area (Å²) in [6.07, 6.45) is 0.819. The first-order valence-corrected chi connectivity index (χ1v) is 4.45. The first-order chi connectivity index (χ1) is 5.97. The molecule has 0 aromatic rings. The van der Waals surface area contributed by atoms with Crippen molar-refractivity contribution in [3.63, 3.8) is 0 Å². The second kappa shape index (κ2) is 5.75. The minimum Gasteiger partial charge on any atom is -0.456 e. The second-order valence-electron chi connectivity index (χ2n) is 3.51. The number of hydrogen-bond acceptors (Lipinski definition) is 3. The fraction of sp³-hybridized carbons (Fsp3) is 0.700. The summed E-state index contributed by atoms with van der Waals surface area (Å²) in [5.74, 6) is -0.0271. The Hall–Kier alpha value is -0.830. The number of carbonyl (C=O) groups excluding carboxylic acids is 1. The predicted molar refractivity (Wildman–Crippen MR) is 51.2 cm³/mol. The zero-order chi connectivity index (χ0) is 10.4. The molecule has 0 saturated carbocycles. The lowest BCUT2D eigenvalue weighted by Crippen LogP contribution is -2.29. The summed E-state index contributed by atoms with van der Waals surface area (Å²) >= 11 is 0. The minimum atomic E-state index is -0.651. The molecule has 3 nitrogen and oxygen atoms in total. The summed E-state index contributed by atoms with van der Waals surface area (Å²) in [7, 11) is 0. The van der Waals surface area contributed by atoms with Gasteiger partial charge in [0.2, 0.25) is 0 Å². The molecule has 0 aromatic carbocycles. The van der Waals surface area contributed by atoms with E-state index in [1.165, 1.54) is 13.0 Å². The van der Waals surface area contributed by atoms with Crippen LogP contribution < -0.4 is 0 Å². The Morgan fingerprint density at radius 2 is 2.15 bits per heavy atom. The van der Waals surface area contributed by atoms with Gasteiger partial charge in [-0.25, -0.2) is 0 Å². The normalized spacial score (nSPS) is 15.2. The molecular weight excluding hydrogens is 168 g/mol. The van der Waals surface area contributed by atoms with Crippen LogP contribution in [0.15, 0.2) is 12.7 Å². The molecule has 76 valence electrons. The van der Waals surface area contributed by atoms with Gasteiger partial charge in [-0.3, -0.25) is 4.79 Å². The lowest BCUT2D eigenvalue weighted by atomic mass is 10.0. The lowest BCUT2D eigenvalue weighted by molar-refractivity contribution is -0.149. The van der Waals surface area contributed by atoms with E-state index >= 15 is 0 Å². The SMILES string of the molecule is C=C[C@H](OC(C)=O)[C@H](O)CC(C)C. The van der Waals surface area contributed by atoms with Crippen molar-refractivity contribution in [2.75, 3.05) is 0 Å². The predicted octanol–water partition coefficient (Wildman–Crippen LogP) is 1.51. The highest BCUT2D eigenvalue weighted by Gasteiger charge is 2.19. The monoisotopic (exact) mass is 186 g/mol. The van der Waals surface area contributed by atoms with Crippen molar-refractivity contribution in [2.24, 2.45) is 5.92 Å². The van der Waals surface area contributed by atoms with E-state index in [4.69, 9.17) is 4.74 Å². The minimum absolute atomic E-state index is 0.369. The third-order valence-electron chi connectivity index (χ3n) is 1.63. The highest BCUT2D eigenvalue weighted by Crippen LogP contribution is 2.11. The average molecular weight is 186 g/mol. The number of aliphatic hydroxyl groups excluding tert-OH is 1. The molecule has 2 atom stereocenters. The maximum absolute atomic E-state index is 10.6. The Morgan fingerprint density at radius 1 is 1.62 bits per heavy atom. The van der Waals surface area contributed by atoms with Crippen molar-refractivity contribution in [1.82, 2.24) is 0 Å². The molecule has 0 aliphatic heterocycles. The molecule has 1 N–H and O–H groups in total. The molecule has 0 aliphatic carbocycles. The van der Waals surface area contributed by atoms with E-state index in [0.29, 0.717) is 12.3 Å². The molecule has 13 heavy (non-hydrogen) atoms. The summed E-state index contributed by atoms with van der Waals surface area (Å²) in [6, 6.07) is 0. The highest BCUT2D eigenvalue weighted by molar-refractivity contribution is 5.66. The molecule has 0 saturated heterocycles. The number of aliphatic hydroxyl groups is 1. The number of rotatable bonds is 5. The first-order valence-electron chi connectivity index (χ1n) is 4.45. The molecule has 0 bridgehead atoms. The third kappa shape index (κ3) is 5.42. The van der Waals surface area contributed by atoms with Crippen molar-refractivity contribution in [1.29, 1.82) is 0 Å². The Kier molecular flexibility index (Phi) is 5.39. The fourth-order valence-corrected chi connectivity index (χ4v) is 1.09. The van der Waals surface area contributed by atoms with Crippen molar-refractivity contribution >= 4 is 5.97 Å². The van der Waals surface area contributed by atoms with Gasteiger partial charge in [0.1, 0.15) is 6.10 Å². The van der Waals surface area contributed by atoms with E-state index in [0.717, 1.165) is 0 Å². The zero-order valence-corrected chi connectivity index (χ0v) is 8.49. The van der Waals surface area contributed by atoms with Gasteiger partial charge in [0.25, 0.3) is 0 Å². The van der Waals surface area contributed by atoms with Gasteiger partial charge < -0.3 is 9.84 Å². The number of esters is 1. The molecule has 3 heteroatoms. The van der Waals surface area contributed by atoms with E-state index in [2.05, 4.69) is 6.58 Å². The first kappa shape index (κ1) is 12.2. The standard InChI is InChI=1S/C10H18O3/c1-5-10(13-8(4)11)9(12)6-7(2)3/h5,7,9-10,12H,1,6H2,2-4H3/t9-,10+/m1/s1. The van der Waals surface area contributed by atoms with Crippen LogP contribution >= 0.6 is 0 Å². The molecule has 0 fully saturated rings. The van der Waals surface area contributed by atoms with Crippen LogP contribution in [0.3, 0.4) is 0 Å². The van der Waals surface area contributed by atoms with Gasteiger partial charge in [0.15, 0.2) is 0 Å². The molecule has 0 radical (unpaired) electrons. The van der Waals surface area contributed by atoms with Crippen LogP contribution in [0.5, 0.6) is 0 Å². The van der Waals surface area contributed by atoms with Gasteiger partial charge in [-0.05, 0) is 18.4 Å². The fourth-order valence-electron chi connectivity index (χ4n) is 1.09. The Labute approximate surface area is 79.4 Å². The zero-order valence-electron chi connectivity index (χ0n) is 8.49. The molecule has 0 amide bonds. The van der Waals surface area contributed by atoms with Crippen molar-refractivity contribution in [3.8, 4) is 0 Å². The van der Waals surface area contributed by atoms with Crippen molar-refractivity contribution in [2.45, 2.75) is 39.4 Å². The number of carbonyl (C=O) groups is 1. The number of ether oxygens (including phenoxy) is 1. The smallest absolute Gasteiger partial charge is 0.303 e. The van der Waals surface area contributed by atoms with E-state index in [1.807, 2.05) is 13.8 Å². The summed E-state index contributed by atoms with van der Waals surface area (Å²) < 4.78 is 4.86. The van der Waals surface area contributed by atoms with E-state index in [-0.39, 0.29) is 0 Å². The second-order valence-corrected chi connectivity index (χ2v) is 3.51. The van der Waals surface area contributed by atoms with Crippen molar-refractivity contribution < 1.29 is 14.6 Å². The van der Waals surface area contributed by atoms with Crippen LogP contribution in [0.4, 0.5) is 0 Å². The van der Waals surface area contributed by atoms with E-state index < -0.39 is 18.2 Å². The maximum atomic E-state index is 10.6. The van der Waals surface area contributed by atoms with Gasteiger partial charge in [0.05, 0.1) is 6.10 Å². The molecule has 0 spiro atoms. The van der Waals surface area contributed by atoms with Gasteiger partial charge in [-0.2, -0.15) is 0 Å². The van der Waals surface area contributed by atoms with Crippen molar-refractivity contribution in [3.05, 3.63) is 12.7 Å². The summed E-state index contributed by atoms with van der Waals surface area (Å²) in [6.45, 7) is 8.82. The summed E-state index contributed by atoms with van der Waals surface area (Å²) in [4.78, 5) is 10.6.